The Bertz CT molecular complexity index is 437. The summed E-state index contributed by atoms with van der Waals surface area (Å²) in [5.74, 6) is 0. The largest absolute Gasteiger partial charge is 0.374 e. The van der Waals surface area contributed by atoms with Crippen LogP contribution in [0, 0.1) is 0 Å². The van der Waals surface area contributed by atoms with Gasteiger partial charge in [-0.25, -0.2) is 0 Å². The molecule has 2 N–H and O–H groups in total. The van der Waals surface area contributed by atoms with E-state index in [0.29, 0.717) is 0 Å². The van der Waals surface area contributed by atoms with E-state index < -0.39 is 0 Å². The Balaban J connectivity index is 1.73. The number of hydrogen-bond acceptors (Lipinski definition) is 4. The van der Waals surface area contributed by atoms with Gasteiger partial charge in [-0.05, 0) is 25.1 Å². The minimum absolute atomic E-state index is 0.233. The normalized spacial score (nSPS) is 28.2. The third-order valence-corrected chi connectivity index (χ3v) is 4.04. The number of ether oxygens (including phenoxy) is 1. The van der Waals surface area contributed by atoms with Crippen LogP contribution in [0.4, 0.5) is 5.69 Å². The number of para-hydroxylation sites is 1. The summed E-state index contributed by atoms with van der Waals surface area (Å²) in [6.45, 7) is 4.75. The Kier molecular flexibility index (Phi) is 3.73. The summed E-state index contributed by atoms with van der Waals surface area (Å²) in [4.78, 5) is 4.73. The van der Waals surface area contributed by atoms with E-state index in [-0.39, 0.29) is 12.1 Å². The third-order valence-electron chi connectivity index (χ3n) is 4.04. The van der Waals surface area contributed by atoms with Crippen LogP contribution in [0.3, 0.4) is 0 Å². The molecule has 4 heteroatoms. The van der Waals surface area contributed by atoms with Crippen LogP contribution in [-0.2, 0) is 11.2 Å². The van der Waals surface area contributed by atoms with Crippen molar-refractivity contribution in [2.45, 2.75) is 18.6 Å². The van der Waals surface area contributed by atoms with E-state index >= 15 is 0 Å². The maximum Gasteiger partial charge on any atom is 0.0877 e. The van der Waals surface area contributed by atoms with E-state index in [2.05, 4.69) is 41.1 Å². The van der Waals surface area contributed by atoms with Crippen molar-refractivity contribution in [2.24, 2.45) is 5.73 Å². The maximum atomic E-state index is 6.18. The lowest BCUT2D eigenvalue weighted by Crippen LogP contribution is -2.50. The van der Waals surface area contributed by atoms with E-state index in [1.54, 1.807) is 0 Å². The molecule has 1 aromatic rings. The Morgan fingerprint density at radius 1 is 1.32 bits per heavy atom. The lowest BCUT2D eigenvalue weighted by Gasteiger charge is -2.39. The second-order valence-electron chi connectivity index (χ2n) is 5.75. The van der Waals surface area contributed by atoms with Crippen LogP contribution in [0.25, 0.3) is 0 Å². The van der Waals surface area contributed by atoms with Crippen LogP contribution in [0.2, 0.25) is 0 Å². The zero-order valence-electron chi connectivity index (χ0n) is 11.6. The zero-order valence-corrected chi connectivity index (χ0v) is 11.6. The summed E-state index contributed by atoms with van der Waals surface area (Å²) in [5, 5.41) is 0. The minimum Gasteiger partial charge on any atom is -0.374 e. The Labute approximate surface area is 115 Å². The van der Waals surface area contributed by atoms with E-state index in [0.717, 1.165) is 39.2 Å². The number of hydrogen-bond donors (Lipinski definition) is 1. The molecule has 0 saturated carbocycles. The number of likely N-dealkylation sites (N-methyl/N-ethyl adjacent to an activating group) is 1. The first kappa shape index (κ1) is 12.9. The average molecular weight is 261 g/mol. The van der Waals surface area contributed by atoms with Crippen LogP contribution < -0.4 is 10.6 Å². The van der Waals surface area contributed by atoms with Crippen molar-refractivity contribution in [3.05, 3.63) is 29.8 Å². The molecule has 4 nitrogen and oxygen atoms in total. The van der Waals surface area contributed by atoms with Crippen LogP contribution in [0.15, 0.2) is 24.3 Å². The topological polar surface area (TPSA) is 41.7 Å². The van der Waals surface area contributed by atoms with E-state index in [1.165, 1.54) is 11.3 Å². The van der Waals surface area contributed by atoms with Gasteiger partial charge < -0.3 is 20.3 Å². The number of fused-ring (bicyclic) bond motifs is 1. The highest BCUT2D eigenvalue weighted by molar-refractivity contribution is 5.56. The van der Waals surface area contributed by atoms with Gasteiger partial charge in [-0.2, -0.15) is 0 Å². The SMILES string of the molecule is CN1CCOC(CN2CC(N)Cc3ccccc32)C1. The molecule has 19 heavy (non-hydrogen) atoms. The molecule has 1 saturated heterocycles. The monoisotopic (exact) mass is 261 g/mol. The van der Waals surface area contributed by atoms with Gasteiger partial charge in [-0.1, -0.05) is 18.2 Å². The maximum absolute atomic E-state index is 6.18. The van der Waals surface area contributed by atoms with Crippen LogP contribution >= 0.6 is 0 Å². The van der Waals surface area contributed by atoms with Gasteiger partial charge in [-0.3, -0.25) is 0 Å². The first-order valence-corrected chi connectivity index (χ1v) is 7.11. The highest BCUT2D eigenvalue weighted by Crippen LogP contribution is 2.26. The van der Waals surface area contributed by atoms with Gasteiger partial charge in [0.05, 0.1) is 12.7 Å². The molecule has 0 aromatic heterocycles. The first-order chi connectivity index (χ1) is 9.22. The number of benzene rings is 1. The molecule has 0 spiro atoms. The third kappa shape index (κ3) is 2.91. The molecule has 2 atom stereocenters. The first-order valence-electron chi connectivity index (χ1n) is 7.11. The van der Waals surface area contributed by atoms with Crippen molar-refractivity contribution in [1.29, 1.82) is 0 Å². The molecular formula is C15H23N3O. The summed E-state index contributed by atoms with van der Waals surface area (Å²) >= 11 is 0. The van der Waals surface area contributed by atoms with Gasteiger partial charge in [-0.15, -0.1) is 0 Å². The van der Waals surface area contributed by atoms with Crippen molar-refractivity contribution in [2.75, 3.05) is 44.7 Å². The molecule has 0 amide bonds. The predicted molar refractivity (Wildman–Crippen MR) is 77.6 cm³/mol. The van der Waals surface area contributed by atoms with Gasteiger partial charge >= 0.3 is 0 Å². The van der Waals surface area contributed by atoms with Gasteiger partial charge in [0.2, 0.25) is 0 Å². The Hall–Kier alpha value is -1.10. The molecule has 2 aliphatic heterocycles. The summed E-state index contributed by atoms with van der Waals surface area (Å²) in [7, 11) is 2.16. The lowest BCUT2D eigenvalue weighted by atomic mass is 9.98. The molecule has 0 bridgehead atoms. The quantitative estimate of drug-likeness (QED) is 0.851. The summed E-state index contributed by atoms with van der Waals surface area (Å²) in [6.07, 6.45) is 1.27. The molecule has 3 rings (SSSR count). The van der Waals surface area contributed by atoms with E-state index in [9.17, 15) is 0 Å². The van der Waals surface area contributed by atoms with Crippen molar-refractivity contribution >= 4 is 5.69 Å². The molecule has 2 unspecified atom stereocenters. The molecule has 0 radical (unpaired) electrons. The van der Waals surface area contributed by atoms with Gasteiger partial charge in [0, 0.05) is 37.9 Å². The number of morpholine rings is 1. The Morgan fingerprint density at radius 3 is 3.00 bits per heavy atom. The average Bonchev–Trinajstić information content (AvgIpc) is 2.38. The fourth-order valence-corrected chi connectivity index (χ4v) is 3.12. The minimum atomic E-state index is 0.233. The summed E-state index contributed by atoms with van der Waals surface area (Å²) in [5.41, 5.74) is 8.88. The number of nitrogens with zero attached hydrogens (tertiary/aromatic N) is 2. The van der Waals surface area contributed by atoms with Crippen molar-refractivity contribution in [1.82, 2.24) is 4.90 Å². The molecule has 2 aliphatic rings. The van der Waals surface area contributed by atoms with E-state index in [4.69, 9.17) is 10.5 Å². The predicted octanol–water partition coefficient (Wildman–Crippen LogP) is 0.707. The van der Waals surface area contributed by atoms with E-state index in [1.807, 2.05) is 0 Å². The molecule has 2 heterocycles. The summed E-state index contributed by atoms with van der Waals surface area (Å²) < 4.78 is 5.88. The smallest absolute Gasteiger partial charge is 0.0877 e. The number of nitrogens with two attached hydrogens (primary N) is 1. The van der Waals surface area contributed by atoms with Crippen molar-refractivity contribution in [3.8, 4) is 0 Å². The van der Waals surface area contributed by atoms with Crippen molar-refractivity contribution in [3.63, 3.8) is 0 Å². The second-order valence-corrected chi connectivity index (χ2v) is 5.75. The highest BCUT2D eigenvalue weighted by atomic mass is 16.5. The molecule has 0 aliphatic carbocycles. The fourth-order valence-electron chi connectivity index (χ4n) is 3.12. The standard InChI is InChI=1S/C15H23N3O/c1-17-6-7-19-14(10-17)11-18-9-13(16)8-12-4-2-3-5-15(12)18/h2-5,13-14H,6-11,16H2,1H3. The van der Waals surface area contributed by atoms with Gasteiger partial charge in [0.15, 0.2) is 0 Å². The Morgan fingerprint density at radius 2 is 2.16 bits per heavy atom. The number of anilines is 1. The molecule has 104 valence electrons. The van der Waals surface area contributed by atoms with Crippen LogP contribution in [0.5, 0.6) is 0 Å². The van der Waals surface area contributed by atoms with Gasteiger partial charge in [0.25, 0.3) is 0 Å². The van der Waals surface area contributed by atoms with Crippen LogP contribution in [-0.4, -0.2) is 56.9 Å². The molecule has 1 aromatic carbocycles. The highest BCUT2D eigenvalue weighted by Gasteiger charge is 2.26. The number of rotatable bonds is 2. The lowest BCUT2D eigenvalue weighted by molar-refractivity contribution is -0.0149. The molecule has 1 fully saturated rings. The fraction of sp³-hybridized carbons (Fsp3) is 0.600. The van der Waals surface area contributed by atoms with Gasteiger partial charge in [0.1, 0.15) is 0 Å². The molecular weight excluding hydrogens is 238 g/mol. The zero-order chi connectivity index (χ0) is 13.2. The van der Waals surface area contributed by atoms with Crippen LogP contribution in [0.1, 0.15) is 5.56 Å². The summed E-state index contributed by atoms with van der Waals surface area (Å²) in [6, 6.07) is 8.83. The second kappa shape index (κ2) is 5.49. The van der Waals surface area contributed by atoms with Crippen molar-refractivity contribution < 1.29 is 4.74 Å².